The van der Waals surface area contributed by atoms with Crippen LogP contribution in [0.3, 0.4) is 0 Å². The molecule has 0 amide bonds. The second-order valence-electron chi connectivity index (χ2n) is 14.1. The molecule has 0 spiro atoms. The summed E-state index contributed by atoms with van der Waals surface area (Å²) in [5, 5.41) is 5.28. The Hall–Kier alpha value is -5.40. The number of hydrogen-bond acceptors (Lipinski definition) is 0. The molecule has 0 saturated carbocycles. The molecule has 9 rings (SSSR count). The fraction of sp³-hybridized carbons (Fsp3) is 0.167. The van der Waals surface area contributed by atoms with Crippen LogP contribution in [0.25, 0.3) is 77.0 Å². The van der Waals surface area contributed by atoms with Gasteiger partial charge in [-0.05, 0) is 125 Å². The molecule has 1 aliphatic carbocycles. The molecule has 0 bridgehead atoms. The number of rotatable bonds is 6. The highest BCUT2D eigenvalue weighted by Gasteiger charge is 2.22. The molecule has 0 N–H and O–H groups in total. The first-order valence-corrected chi connectivity index (χ1v) is 17.9. The summed E-state index contributed by atoms with van der Waals surface area (Å²) in [4.78, 5) is 0. The van der Waals surface area contributed by atoms with Crippen LogP contribution in [-0.2, 0) is 0 Å². The van der Waals surface area contributed by atoms with Gasteiger partial charge in [0.05, 0.1) is 16.6 Å². The number of fused-ring (bicyclic) bond motifs is 6. The van der Waals surface area contributed by atoms with Crippen LogP contribution >= 0.6 is 0 Å². The maximum atomic E-state index is 2.50. The van der Waals surface area contributed by atoms with E-state index >= 15 is 0 Å². The Morgan fingerprint density at radius 1 is 0.592 bits per heavy atom. The maximum absolute atomic E-state index is 2.50. The van der Waals surface area contributed by atoms with Gasteiger partial charge in [-0.3, -0.25) is 0 Å². The quantitative estimate of drug-likeness (QED) is 0.172. The molecule has 0 fully saturated rings. The van der Waals surface area contributed by atoms with Crippen molar-refractivity contribution in [1.82, 2.24) is 4.40 Å². The Morgan fingerprint density at radius 2 is 1.27 bits per heavy atom. The van der Waals surface area contributed by atoms with Gasteiger partial charge in [-0.1, -0.05) is 123 Å². The maximum Gasteiger partial charge on any atom is 0.0620 e. The van der Waals surface area contributed by atoms with Gasteiger partial charge in [0.2, 0.25) is 0 Å². The molecular weight excluding hydrogens is 591 g/mol. The Bertz CT molecular complexity index is 2610. The van der Waals surface area contributed by atoms with Crippen molar-refractivity contribution in [2.75, 3.05) is 0 Å². The SMILES string of the molecule is CCC(C)C1=C(c2cc(-c3ccc4c5cccc6c7ccccc7n(c4c3)c65)cc(-c3cc(-c4ccccc4)ccc3C)c2C)C=CCC1. The van der Waals surface area contributed by atoms with E-state index in [0.29, 0.717) is 5.92 Å². The highest BCUT2D eigenvalue weighted by Crippen LogP contribution is 2.44. The van der Waals surface area contributed by atoms with E-state index in [0.717, 1.165) is 19.3 Å². The average Bonchev–Trinajstić information content (AvgIpc) is 3.67. The lowest BCUT2D eigenvalue weighted by Crippen LogP contribution is -2.06. The minimum atomic E-state index is 0.553. The molecule has 238 valence electrons. The van der Waals surface area contributed by atoms with Crippen molar-refractivity contribution in [3.63, 3.8) is 0 Å². The Balaban J connectivity index is 1.33. The van der Waals surface area contributed by atoms with E-state index in [1.165, 1.54) is 93.7 Å². The van der Waals surface area contributed by atoms with Crippen LogP contribution in [0.1, 0.15) is 49.8 Å². The zero-order chi connectivity index (χ0) is 33.2. The van der Waals surface area contributed by atoms with E-state index in [4.69, 9.17) is 0 Å². The molecule has 0 radical (unpaired) electrons. The number of benzene rings is 6. The molecule has 1 atom stereocenters. The van der Waals surface area contributed by atoms with Gasteiger partial charge in [0.25, 0.3) is 0 Å². The van der Waals surface area contributed by atoms with Gasteiger partial charge in [-0.25, -0.2) is 0 Å². The first-order chi connectivity index (χ1) is 24.0. The van der Waals surface area contributed by atoms with E-state index in [-0.39, 0.29) is 0 Å². The Morgan fingerprint density at radius 3 is 2.08 bits per heavy atom. The van der Waals surface area contributed by atoms with E-state index in [1.54, 1.807) is 5.57 Å². The Labute approximate surface area is 289 Å². The first-order valence-electron chi connectivity index (χ1n) is 17.9. The average molecular weight is 632 g/mol. The molecule has 1 unspecified atom stereocenters. The summed E-state index contributed by atoms with van der Waals surface area (Å²) >= 11 is 0. The van der Waals surface area contributed by atoms with Crippen LogP contribution in [0.5, 0.6) is 0 Å². The second kappa shape index (κ2) is 11.6. The highest BCUT2D eigenvalue weighted by molar-refractivity contribution is 6.23. The summed E-state index contributed by atoms with van der Waals surface area (Å²) in [5.41, 5.74) is 18.5. The lowest BCUT2D eigenvalue weighted by molar-refractivity contribution is 0.625. The lowest BCUT2D eigenvalue weighted by Gasteiger charge is -2.25. The van der Waals surface area contributed by atoms with Gasteiger partial charge in [0.15, 0.2) is 0 Å². The summed E-state index contributed by atoms with van der Waals surface area (Å²) in [6.45, 7) is 9.33. The number of allylic oxidation sites excluding steroid dienone is 4. The zero-order valence-electron chi connectivity index (χ0n) is 28.8. The molecule has 1 nitrogen and oxygen atoms in total. The number of aromatic nitrogens is 1. The van der Waals surface area contributed by atoms with Gasteiger partial charge in [-0.15, -0.1) is 0 Å². The van der Waals surface area contributed by atoms with Gasteiger partial charge < -0.3 is 4.40 Å². The third-order valence-electron chi connectivity index (χ3n) is 11.3. The van der Waals surface area contributed by atoms with Gasteiger partial charge in [0.1, 0.15) is 0 Å². The molecule has 0 saturated heterocycles. The van der Waals surface area contributed by atoms with Crippen LogP contribution in [0, 0.1) is 19.8 Å². The summed E-state index contributed by atoms with van der Waals surface area (Å²) < 4.78 is 2.50. The van der Waals surface area contributed by atoms with E-state index < -0.39 is 0 Å². The molecule has 2 aromatic heterocycles. The number of nitrogens with zero attached hydrogens (tertiary/aromatic N) is 1. The topological polar surface area (TPSA) is 4.41 Å². The fourth-order valence-corrected chi connectivity index (χ4v) is 8.48. The zero-order valence-corrected chi connectivity index (χ0v) is 28.8. The van der Waals surface area contributed by atoms with Crippen molar-refractivity contribution < 1.29 is 0 Å². The van der Waals surface area contributed by atoms with Crippen LogP contribution in [0.4, 0.5) is 0 Å². The standard InChI is InChI=1S/C48H41N/c1-5-30(2)37-16-9-10-17-38(37)44-27-36(28-45(32(44)4)43-26-34(23-22-31(43)3)33-14-7-6-8-15-33)35-24-25-40-42-20-13-19-41-39-18-11-12-21-46(39)49(48(41)42)47(40)29-35/h6-8,10-15,17-30H,5,9,16H2,1-4H3. The molecule has 49 heavy (non-hydrogen) atoms. The van der Waals surface area contributed by atoms with Crippen LogP contribution < -0.4 is 0 Å². The van der Waals surface area contributed by atoms with Crippen molar-refractivity contribution in [3.8, 4) is 33.4 Å². The van der Waals surface area contributed by atoms with Crippen molar-refractivity contribution in [2.24, 2.45) is 5.92 Å². The van der Waals surface area contributed by atoms with Crippen molar-refractivity contribution >= 4 is 43.7 Å². The second-order valence-corrected chi connectivity index (χ2v) is 14.1. The summed E-state index contributed by atoms with van der Waals surface area (Å²) in [6, 6.07) is 45.4. The monoisotopic (exact) mass is 631 g/mol. The predicted molar refractivity (Wildman–Crippen MR) is 212 cm³/mol. The van der Waals surface area contributed by atoms with Crippen molar-refractivity contribution in [3.05, 3.63) is 156 Å². The molecular formula is C48H41N. The summed E-state index contributed by atoms with van der Waals surface area (Å²) in [5.74, 6) is 0.553. The van der Waals surface area contributed by atoms with E-state index in [9.17, 15) is 0 Å². The minimum Gasteiger partial charge on any atom is -0.308 e. The van der Waals surface area contributed by atoms with Crippen LogP contribution in [0.15, 0.2) is 139 Å². The molecule has 8 aromatic rings. The Kier molecular flexibility index (Phi) is 7.06. The number of aryl methyl sites for hydroxylation is 1. The predicted octanol–water partition coefficient (Wildman–Crippen LogP) is 13.6. The third-order valence-corrected chi connectivity index (χ3v) is 11.3. The molecule has 1 aliphatic rings. The van der Waals surface area contributed by atoms with Crippen molar-refractivity contribution in [1.29, 1.82) is 0 Å². The molecule has 1 heteroatoms. The van der Waals surface area contributed by atoms with Crippen LogP contribution in [0.2, 0.25) is 0 Å². The number of hydrogen-bond donors (Lipinski definition) is 0. The smallest absolute Gasteiger partial charge is 0.0620 e. The molecule has 6 aromatic carbocycles. The van der Waals surface area contributed by atoms with Crippen LogP contribution in [-0.4, -0.2) is 4.40 Å². The normalized spacial score (nSPS) is 14.2. The lowest BCUT2D eigenvalue weighted by atomic mass is 9.80. The summed E-state index contributed by atoms with van der Waals surface area (Å²) in [6.07, 6.45) is 8.20. The number of para-hydroxylation sites is 2. The van der Waals surface area contributed by atoms with E-state index in [2.05, 4.69) is 166 Å². The van der Waals surface area contributed by atoms with Gasteiger partial charge >= 0.3 is 0 Å². The fourth-order valence-electron chi connectivity index (χ4n) is 8.48. The molecule has 0 aliphatic heterocycles. The minimum absolute atomic E-state index is 0.553. The first kappa shape index (κ1) is 29.7. The largest absolute Gasteiger partial charge is 0.308 e. The summed E-state index contributed by atoms with van der Waals surface area (Å²) in [7, 11) is 0. The van der Waals surface area contributed by atoms with Gasteiger partial charge in [-0.2, -0.15) is 0 Å². The molecule has 2 heterocycles. The van der Waals surface area contributed by atoms with Gasteiger partial charge in [0, 0.05) is 21.5 Å². The van der Waals surface area contributed by atoms with E-state index in [1.807, 2.05) is 0 Å². The highest BCUT2D eigenvalue weighted by atomic mass is 14.9. The third kappa shape index (κ3) is 4.67. The van der Waals surface area contributed by atoms with Crippen molar-refractivity contribution in [2.45, 2.75) is 47.0 Å².